The zero-order chi connectivity index (χ0) is 24.0. The third-order valence-electron chi connectivity index (χ3n) is 6.88. The van der Waals surface area contributed by atoms with Crippen molar-refractivity contribution in [1.29, 1.82) is 0 Å². The first kappa shape index (κ1) is 24.9. The first-order valence-corrected chi connectivity index (χ1v) is 12.1. The largest absolute Gasteiger partial charge is 0.331 e. The van der Waals surface area contributed by atoms with Gasteiger partial charge in [0.25, 0.3) is 0 Å². The van der Waals surface area contributed by atoms with Crippen LogP contribution in [0.2, 0.25) is 0 Å². The van der Waals surface area contributed by atoms with Crippen molar-refractivity contribution in [3.05, 3.63) is 35.9 Å². The Kier molecular flexibility index (Phi) is 8.27. The number of nitrogens with one attached hydrogen (secondary N) is 2. The predicted molar refractivity (Wildman–Crippen MR) is 127 cm³/mol. The quantitative estimate of drug-likeness (QED) is 0.484. The first-order chi connectivity index (χ1) is 15.7. The van der Waals surface area contributed by atoms with Crippen LogP contribution in [-0.4, -0.2) is 53.6 Å². The highest BCUT2D eigenvalue weighted by molar-refractivity contribution is 6.02. The van der Waals surface area contributed by atoms with Crippen LogP contribution in [0.5, 0.6) is 0 Å². The number of urea groups is 1. The number of nitrogens with zero attached hydrogens (tertiary/aromatic N) is 1. The molecule has 1 heterocycles. The van der Waals surface area contributed by atoms with Crippen LogP contribution in [0.3, 0.4) is 0 Å². The van der Waals surface area contributed by atoms with Gasteiger partial charge in [-0.25, -0.2) is 4.79 Å². The van der Waals surface area contributed by atoms with Gasteiger partial charge in [-0.3, -0.25) is 9.59 Å². The molecule has 1 aromatic carbocycles. The van der Waals surface area contributed by atoms with Crippen LogP contribution < -0.4 is 10.6 Å². The van der Waals surface area contributed by atoms with Gasteiger partial charge >= 0.3 is 6.03 Å². The molecular weight excluding hydrogens is 418 g/mol. The monoisotopic (exact) mass is 455 g/mol. The molecule has 1 saturated carbocycles. The summed E-state index contributed by atoms with van der Waals surface area (Å²) in [5.74, 6) is -0.285. The molecule has 180 valence electrons. The minimum Gasteiger partial charge on any atom is -0.331 e. The number of Topliss-reactive ketones (excluding diaryl/α,β-unsaturated/α-hetero) is 1. The number of rotatable bonds is 7. The Morgan fingerprint density at radius 1 is 0.970 bits per heavy atom. The van der Waals surface area contributed by atoms with Crippen LogP contribution in [0.1, 0.15) is 76.1 Å². The number of carbonyl (C=O) groups excluding carboxylic acids is 4. The fraction of sp³-hybridized carbons (Fsp3) is 0.615. The second-order valence-electron chi connectivity index (χ2n) is 10.4. The van der Waals surface area contributed by atoms with Gasteiger partial charge in [0.15, 0.2) is 5.78 Å². The summed E-state index contributed by atoms with van der Waals surface area (Å²) in [6.45, 7) is 6.16. The average molecular weight is 456 g/mol. The molecule has 1 saturated heterocycles. The molecule has 3 atom stereocenters. The van der Waals surface area contributed by atoms with Gasteiger partial charge in [-0.05, 0) is 37.0 Å². The summed E-state index contributed by atoms with van der Waals surface area (Å²) in [7, 11) is 0. The molecule has 1 aromatic rings. The molecule has 3 unspecified atom stereocenters. The first-order valence-electron chi connectivity index (χ1n) is 12.1. The van der Waals surface area contributed by atoms with Crippen LogP contribution in [-0.2, 0) is 9.59 Å². The Bertz CT molecular complexity index is 843. The SMILES string of the molecule is CC(C)(C)C(NC(=O)NC(C(=O)c1ccccc1)C1CCCCC1)C(=O)N1CCCC1C=O. The Hall–Kier alpha value is -2.70. The standard InChI is InChI=1S/C26H37N3O4/c1-26(2,3)23(24(32)29-16-10-15-20(29)17-30)28-25(33)27-21(18-11-6-4-7-12-18)22(31)19-13-8-5-9-14-19/h5,8-9,13-14,17-18,20-21,23H,4,6-7,10-12,15-16H2,1-3H3,(H2,27,28,33). The van der Waals surface area contributed by atoms with E-state index in [0.717, 1.165) is 44.8 Å². The molecule has 1 aliphatic carbocycles. The average Bonchev–Trinajstić information content (AvgIpc) is 3.29. The van der Waals surface area contributed by atoms with Crippen molar-refractivity contribution in [1.82, 2.24) is 15.5 Å². The Morgan fingerprint density at radius 3 is 2.24 bits per heavy atom. The summed E-state index contributed by atoms with van der Waals surface area (Å²) in [4.78, 5) is 52.8. The van der Waals surface area contributed by atoms with Crippen LogP contribution in [0.4, 0.5) is 4.79 Å². The third-order valence-corrected chi connectivity index (χ3v) is 6.88. The number of hydrogen-bond acceptors (Lipinski definition) is 4. The maximum absolute atomic E-state index is 13.3. The molecule has 33 heavy (non-hydrogen) atoms. The maximum Gasteiger partial charge on any atom is 0.316 e. The third kappa shape index (κ3) is 6.21. The van der Waals surface area contributed by atoms with Gasteiger partial charge in [-0.1, -0.05) is 70.4 Å². The second-order valence-corrected chi connectivity index (χ2v) is 10.4. The highest BCUT2D eigenvalue weighted by Gasteiger charge is 2.40. The van der Waals surface area contributed by atoms with E-state index in [1.807, 2.05) is 39.0 Å². The smallest absolute Gasteiger partial charge is 0.316 e. The minimum absolute atomic E-state index is 0.0685. The van der Waals surface area contributed by atoms with Gasteiger partial charge < -0.3 is 20.3 Å². The van der Waals surface area contributed by atoms with Crippen LogP contribution >= 0.6 is 0 Å². The molecule has 3 rings (SSSR count). The zero-order valence-electron chi connectivity index (χ0n) is 20.0. The van der Waals surface area contributed by atoms with Gasteiger partial charge in [0.05, 0.1) is 12.1 Å². The van der Waals surface area contributed by atoms with Crippen LogP contribution in [0, 0.1) is 11.3 Å². The molecule has 7 heteroatoms. The van der Waals surface area contributed by atoms with E-state index in [4.69, 9.17) is 0 Å². The van der Waals surface area contributed by atoms with E-state index >= 15 is 0 Å². The number of amides is 3. The molecule has 0 spiro atoms. The topological polar surface area (TPSA) is 95.6 Å². The summed E-state index contributed by atoms with van der Waals surface area (Å²) in [5.41, 5.74) is 0.0107. The summed E-state index contributed by atoms with van der Waals surface area (Å²) >= 11 is 0. The lowest BCUT2D eigenvalue weighted by Gasteiger charge is -2.36. The van der Waals surface area contributed by atoms with Crippen molar-refractivity contribution in [3.63, 3.8) is 0 Å². The molecular formula is C26H37N3O4. The van der Waals surface area contributed by atoms with Crippen molar-refractivity contribution in [2.24, 2.45) is 11.3 Å². The number of ketones is 1. The van der Waals surface area contributed by atoms with Crippen molar-refractivity contribution >= 4 is 24.0 Å². The van der Waals surface area contributed by atoms with E-state index in [2.05, 4.69) is 10.6 Å². The molecule has 2 fully saturated rings. The summed E-state index contributed by atoms with van der Waals surface area (Å²) in [6.07, 6.45) is 7.22. The lowest BCUT2D eigenvalue weighted by atomic mass is 9.81. The highest BCUT2D eigenvalue weighted by Crippen LogP contribution is 2.29. The zero-order valence-corrected chi connectivity index (χ0v) is 20.0. The van der Waals surface area contributed by atoms with Gasteiger partial charge in [-0.15, -0.1) is 0 Å². The van der Waals surface area contributed by atoms with E-state index < -0.39 is 29.6 Å². The molecule has 3 amide bonds. The summed E-state index contributed by atoms with van der Waals surface area (Å²) in [6, 6.07) is 6.62. The van der Waals surface area contributed by atoms with Crippen molar-refractivity contribution < 1.29 is 19.2 Å². The van der Waals surface area contributed by atoms with Crippen molar-refractivity contribution in [2.45, 2.75) is 83.8 Å². The fourth-order valence-corrected chi connectivity index (χ4v) is 4.98. The Labute approximate surface area is 196 Å². The Morgan fingerprint density at radius 2 is 1.64 bits per heavy atom. The van der Waals surface area contributed by atoms with Crippen molar-refractivity contribution in [3.8, 4) is 0 Å². The second kappa shape index (κ2) is 10.9. The summed E-state index contributed by atoms with van der Waals surface area (Å²) < 4.78 is 0. The fourth-order valence-electron chi connectivity index (χ4n) is 4.98. The number of benzene rings is 1. The van der Waals surface area contributed by atoms with Crippen molar-refractivity contribution in [2.75, 3.05) is 6.54 Å². The van der Waals surface area contributed by atoms with Crippen LogP contribution in [0.15, 0.2) is 30.3 Å². The predicted octanol–water partition coefficient (Wildman–Crippen LogP) is 3.72. The van der Waals surface area contributed by atoms with Gasteiger partial charge in [0, 0.05) is 12.1 Å². The van der Waals surface area contributed by atoms with E-state index in [-0.39, 0.29) is 17.6 Å². The number of carbonyl (C=O) groups is 4. The van der Waals surface area contributed by atoms with Gasteiger partial charge in [0.2, 0.25) is 5.91 Å². The summed E-state index contributed by atoms with van der Waals surface area (Å²) in [5, 5.41) is 5.76. The lowest BCUT2D eigenvalue weighted by Crippen LogP contribution is -2.59. The minimum atomic E-state index is -0.808. The van der Waals surface area contributed by atoms with E-state index in [0.29, 0.717) is 18.5 Å². The highest BCUT2D eigenvalue weighted by atomic mass is 16.2. The molecule has 0 radical (unpaired) electrons. The van der Waals surface area contributed by atoms with E-state index in [1.54, 1.807) is 17.0 Å². The molecule has 0 bridgehead atoms. The van der Waals surface area contributed by atoms with E-state index in [1.165, 1.54) is 0 Å². The number of aldehydes is 1. The maximum atomic E-state index is 13.3. The van der Waals surface area contributed by atoms with E-state index in [9.17, 15) is 19.2 Å². The lowest BCUT2D eigenvalue weighted by molar-refractivity contribution is -0.138. The van der Waals surface area contributed by atoms with Gasteiger partial charge in [0.1, 0.15) is 12.3 Å². The van der Waals surface area contributed by atoms with Gasteiger partial charge in [-0.2, -0.15) is 0 Å². The molecule has 2 N–H and O–H groups in total. The Balaban J connectivity index is 1.77. The number of hydrogen-bond donors (Lipinski definition) is 2. The number of likely N-dealkylation sites (tertiary alicyclic amines) is 1. The normalized spacial score (nSPS) is 21.2. The molecule has 0 aromatic heterocycles. The van der Waals surface area contributed by atoms with Crippen LogP contribution in [0.25, 0.3) is 0 Å². The molecule has 1 aliphatic heterocycles. The molecule has 7 nitrogen and oxygen atoms in total. The molecule has 2 aliphatic rings.